The number of morpholine rings is 1. The summed E-state index contributed by atoms with van der Waals surface area (Å²) < 4.78 is 5.42. The minimum atomic E-state index is 0.224. The van der Waals surface area contributed by atoms with Crippen molar-refractivity contribution in [3.05, 3.63) is 53.7 Å². The van der Waals surface area contributed by atoms with Crippen molar-refractivity contribution in [2.45, 2.75) is 45.6 Å². The largest absolute Gasteiger partial charge is 0.384 e. The standard InChI is InChI=1S/C26H38N4O/c1-26(2,3)23-6-4-22(5-7-23)20-29-12-10-21(11-13-29)18-27-24-8-9-25(28-19-24)30-14-16-31-17-15-30/h4-9,19,21,27H,10-18,20H2,1-3H3. The summed E-state index contributed by atoms with van der Waals surface area (Å²) in [5.41, 5.74) is 4.19. The van der Waals surface area contributed by atoms with E-state index in [-0.39, 0.29) is 5.41 Å². The van der Waals surface area contributed by atoms with E-state index >= 15 is 0 Å². The minimum absolute atomic E-state index is 0.224. The quantitative estimate of drug-likeness (QED) is 0.740. The number of aromatic nitrogens is 1. The van der Waals surface area contributed by atoms with E-state index in [1.807, 2.05) is 6.20 Å². The van der Waals surface area contributed by atoms with E-state index in [0.29, 0.717) is 0 Å². The molecule has 1 aromatic carbocycles. The first-order valence-corrected chi connectivity index (χ1v) is 11.8. The molecule has 0 saturated carbocycles. The Morgan fingerprint density at radius 3 is 2.29 bits per heavy atom. The van der Waals surface area contributed by atoms with Crippen LogP contribution in [0.5, 0.6) is 0 Å². The van der Waals surface area contributed by atoms with Gasteiger partial charge in [0.2, 0.25) is 0 Å². The van der Waals surface area contributed by atoms with Crippen LogP contribution in [0, 0.1) is 5.92 Å². The van der Waals surface area contributed by atoms with Crippen molar-refractivity contribution in [2.24, 2.45) is 5.92 Å². The molecular weight excluding hydrogens is 384 g/mol. The summed E-state index contributed by atoms with van der Waals surface area (Å²) >= 11 is 0. The summed E-state index contributed by atoms with van der Waals surface area (Å²) in [7, 11) is 0. The Morgan fingerprint density at radius 1 is 0.968 bits per heavy atom. The maximum atomic E-state index is 5.42. The fourth-order valence-corrected chi connectivity index (χ4v) is 4.45. The van der Waals surface area contributed by atoms with Gasteiger partial charge in [-0.15, -0.1) is 0 Å². The van der Waals surface area contributed by atoms with Crippen molar-refractivity contribution in [3.63, 3.8) is 0 Å². The van der Waals surface area contributed by atoms with Crippen LogP contribution in [0.25, 0.3) is 0 Å². The van der Waals surface area contributed by atoms with Gasteiger partial charge < -0.3 is 15.0 Å². The molecule has 2 aliphatic rings. The second kappa shape index (κ2) is 10.0. The van der Waals surface area contributed by atoms with E-state index in [0.717, 1.165) is 56.8 Å². The van der Waals surface area contributed by atoms with Crippen molar-refractivity contribution in [1.29, 1.82) is 0 Å². The number of hydrogen-bond acceptors (Lipinski definition) is 5. The van der Waals surface area contributed by atoms with Crippen molar-refractivity contribution < 1.29 is 4.74 Å². The Balaban J connectivity index is 1.19. The second-order valence-corrected chi connectivity index (χ2v) is 10.1. The number of nitrogens with zero attached hydrogens (tertiary/aromatic N) is 3. The monoisotopic (exact) mass is 422 g/mol. The molecule has 0 amide bonds. The summed E-state index contributed by atoms with van der Waals surface area (Å²) in [6.45, 7) is 14.7. The number of anilines is 2. The molecule has 168 valence electrons. The molecule has 2 fully saturated rings. The topological polar surface area (TPSA) is 40.6 Å². The molecule has 2 saturated heterocycles. The van der Waals surface area contributed by atoms with Crippen molar-refractivity contribution >= 4 is 11.5 Å². The van der Waals surface area contributed by atoms with Gasteiger partial charge >= 0.3 is 0 Å². The van der Waals surface area contributed by atoms with Gasteiger partial charge in [-0.2, -0.15) is 0 Å². The van der Waals surface area contributed by atoms with Gasteiger partial charge in [0.25, 0.3) is 0 Å². The summed E-state index contributed by atoms with van der Waals surface area (Å²) in [6.07, 6.45) is 4.49. The molecule has 2 aliphatic heterocycles. The average Bonchev–Trinajstić information content (AvgIpc) is 2.79. The van der Waals surface area contributed by atoms with E-state index in [2.05, 4.69) is 77.3 Å². The SMILES string of the molecule is CC(C)(C)c1ccc(CN2CCC(CNc3ccc(N4CCOCC4)nc3)CC2)cc1. The number of nitrogens with one attached hydrogen (secondary N) is 1. The number of rotatable bonds is 6. The highest BCUT2D eigenvalue weighted by molar-refractivity contribution is 5.48. The Morgan fingerprint density at radius 2 is 1.68 bits per heavy atom. The number of ether oxygens (including phenoxy) is 1. The molecule has 1 aromatic heterocycles. The number of hydrogen-bond donors (Lipinski definition) is 1. The molecule has 4 rings (SSSR count). The Hall–Kier alpha value is -2.11. The number of likely N-dealkylation sites (tertiary alicyclic amines) is 1. The number of pyridine rings is 1. The lowest BCUT2D eigenvalue weighted by Crippen LogP contribution is -2.36. The van der Waals surface area contributed by atoms with Gasteiger partial charge in [-0.05, 0) is 60.5 Å². The van der Waals surface area contributed by atoms with Gasteiger partial charge in [0.15, 0.2) is 0 Å². The fraction of sp³-hybridized carbons (Fsp3) is 0.577. The zero-order chi connectivity index (χ0) is 21.7. The highest BCUT2D eigenvalue weighted by Crippen LogP contribution is 2.24. The van der Waals surface area contributed by atoms with Crippen LogP contribution >= 0.6 is 0 Å². The van der Waals surface area contributed by atoms with E-state index in [1.54, 1.807) is 0 Å². The maximum Gasteiger partial charge on any atom is 0.128 e. The molecule has 31 heavy (non-hydrogen) atoms. The van der Waals surface area contributed by atoms with Gasteiger partial charge in [0.1, 0.15) is 5.82 Å². The normalized spacial score (nSPS) is 18.9. The highest BCUT2D eigenvalue weighted by atomic mass is 16.5. The van der Waals surface area contributed by atoms with Gasteiger partial charge in [-0.1, -0.05) is 45.0 Å². The molecule has 2 aromatic rings. The lowest BCUT2D eigenvalue weighted by molar-refractivity contribution is 0.122. The zero-order valence-corrected chi connectivity index (χ0v) is 19.4. The van der Waals surface area contributed by atoms with Gasteiger partial charge in [0.05, 0.1) is 25.1 Å². The Bertz CT molecular complexity index is 799. The van der Waals surface area contributed by atoms with Crippen LogP contribution in [0.2, 0.25) is 0 Å². The summed E-state index contributed by atoms with van der Waals surface area (Å²) in [4.78, 5) is 9.54. The van der Waals surface area contributed by atoms with Crippen LogP contribution in [-0.2, 0) is 16.7 Å². The third-order valence-corrected chi connectivity index (χ3v) is 6.61. The predicted molar refractivity (Wildman–Crippen MR) is 129 cm³/mol. The molecule has 5 heteroatoms. The fourth-order valence-electron chi connectivity index (χ4n) is 4.45. The van der Waals surface area contributed by atoms with E-state index in [1.165, 1.54) is 37.1 Å². The molecule has 5 nitrogen and oxygen atoms in total. The molecule has 0 spiro atoms. The van der Waals surface area contributed by atoms with Crippen LogP contribution in [0.15, 0.2) is 42.6 Å². The van der Waals surface area contributed by atoms with Crippen molar-refractivity contribution in [1.82, 2.24) is 9.88 Å². The maximum absolute atomic E-state index is 5.42. The predicted octanol–water partition coefficient (Wildman–Crippen LogP) is 4.54. The molecule has 0 unspecified atom stereocenters. The van der Waals surface area contributed by atoms with E-state index in [4.69, 9.17) is 4.74 Å². The smallest absolute Gasteiger partial charge is 0.128 e. The lowest BCUT2D eigenvalue weighted by atomic mass is 9.86. The van der Waals surface area contributed by atoms with Gasteiger partial charge in [-0.25, -0.2) is 4.98 Å². The molecular formula is C26H38N4O. The van der Waals surface area contributed by atoms with Crippen LogP contribution in [0.4, 0.5) is 11.5 Å². The average molecular weight is 423 g/mol. The molecule has 0 atom stereocenters. The van der Waals surface area contributed by atoms with Gasteiger partial charge in [-0.3, -0.25) is 4.90 Å². The third-order valence-electron chi connectivity index (χ3n) is 6.61. The first-order chi connectivity index (χ1) is 15.0. The first-order valence-electron chi connectivity index (χ1n) is 11.8. The van der Waals surface area contributed by atoms with Crippen LogP contribution in [0.1, 0.15) is 44.7 Å². The highest BCUT2D eigenvalue weighted by Gasteiger charge is 2.20. The van der Waals surface area contributed by atoms with Crippen LogP contribution < -0.4 is 10.2 Å². The summed E-state index contributed by atoms with van der Waals surface area (Å²) in [5, 5.41) is 3.61. The van der Waals surface area contributed by atoms with Crippen molar-refractivity contribution in [2.75, 3.05) is 56.2 Å². The van der Waals surface area contributed by atoms with E-state index < -0.39 is 0 Å². The van der Waals surface area contributed by atoms with Gasteiger partial charge in [0, 0.05) is 26.2 Å². The van der Waals surface area contributed by atoms with Crippen LogP contribution in [-0.4, -0.2) is 55.8 Å². The molecule has 3 heterocycles. The Labute approximate surface area is 187 Å². The minimum Gasteiger partial charge on any atom is -0.384 e. The van der Waals surface area contributed by atoms with E-state index in [9.17, 15) is 0 Å². The third kappa shape index (κ3) is 6.20. The first kappa shape index (κ1) is 22.1. The summed E-state index contributed by atoms with van der Waals surface area (Å²) in [5.74, 6) is 1.79. The number of benzene rings is 1. The lowest BCUT2D eigenvalue weighted by Gasteiger charge is -2.32. The number of piperidine rings is 1. The summed E-state index contributed by atoms with van der Waals surface area (Å²) in [6, 6.07) is 13.5. The van der Waals surface area contributed by atoms with Crippen molar-refractivity contribution in [3.8, 4) is 0 Å². The zero-order valence-electron chi connectivity index (χ0n) is 19.4. The molecule has 0 radical (unpaired) electrons. The molecule has 0 bridgehead atoms. The molecule has 0 aliphatic carbocycles. The van der Waals surface area contributed by atoms with Crippen LogP contribution in [0.3, 0.4) is 0 Å². The second-order valence-electron chi connectivity index (χ2n) is 10.1. The Kier molecular flexibility index (Phi) is 7.13. The molecule has 1 N–H and O–H groups in total.